The van der Waals surface area contributed by atoms with Gasteiger partial charge in [0.15, 0.2) is 0 Å². The molecule has 1 spiro atoms. The monoisotopic (exact) mass is 284 g/mol. The van der Waals surface area contributed by atoms with E-state index in [0.717, 1.165) is 11.4 Å². The summed E-state index contributed by atoms with van der Waals surface area (Å²) in [6.07, 6.45) is 11.0. The van der Waals surface area contributed by atoms with Crippen LogP contribution in [-0.4, -0.2) is 13.2 Å². The highest BCUT2D eigenvalue weighted by Crippen LogP contribution is 2.49. The summed E-state index contributed by atoms with van der Waals surface area (Å²) in [5.74, 6) is 0.773. The smallest absolute Gasteiger partial charge is 0.143 e. The molecular formula is C18H24N2O. The van der Waals surface area contributed by atoms with Crippen LogP contribution in [0.15, 0.2) is 18.2 Å². The molecule has 0 radical (unpaired) electrons. The highest BCUT2D eigenvalue weighted by molar-refractivity contribution is 5.60. The number of nitrogens with one attached hydrogen (secondary N) is 1. The average molecular weight is 284 g/mol. The quantitative estimate of drug-likeness (QED) is 0.890. The minimum Gasteiger partial charge on any atom is -0.495 e. The third-order valence-corrected chi connectivity index (χ3v) is 5.40. The largest absolute Gasteiger partial charge is 0.495 e. The minimum absolute atomic E-state index is 0.540. The fourth-order valence-electron chi connectivity index (χ4n) is 4.10. The van der Waals surface area contributed by atoms with Gasteiger partial charge in [0.05, 0.1) is 24.4 Å². The van der Waals surface area contributed by atoms with Gasteiger partial charge in [-0.15, -0.1) is 0 Å². The molecule has 1 N–H and O–H groups in total. The van der Waals surface area contributed by atoms with Crippen LogP contribution in [0.25, 0.3) is 0 Å². The molecule has 3 rings (SSSR count). The molecule has 3 nitrogen and oxygen atoms in total. The summed E-state index contributed by atoms with van der Waals surface area (Å²) in [6.45, 7) is 0. The Bertz CT molecular complexity index is 531. The zero-order chi connectivity index (χ0) is 14.7. The number of methoxy groups -OCH3 is 1. The molecule has 1 aromatic carbocycles. The number of nitriles is 1. The van der Waals surface area contributed by atoms with Gasteiger partial charge in [0.25, 0.3) is 0 Å². The van der Waals surface area contributed by atoms with Gasteiger partial charge in [-0.05, 0) is 56.1 Å². The van der Waals surface area contributed by atoms with E-state index in [9.17, 15) is 0 Å². The molecule has 2 aliphatic rings. The third-order valence-electron chi connectivity index (χ3n) is 5.40. The number of nitrogens with zero attached hydrogens (tertiary/aromatic N) is 1. The van der Waals surface area contributed by atoms with E-state index in [4.69, 9.17) is 10.00 Å². The zero-order valence-electron chi connectivity index (χ0n) is 12.8. The maximum atomic E-state index is 8.96. The van der Waals surface area contributed by atoms with Gasteiger partial charge >= 0.3 is 0 Å². The summed E-state index contributed by atoms with van der Waals surface area (Å²) in [6, 6.07) is 8.33. The number of ether oxygens (including phenoxy) is 1. The summed E-state index contributed by atoms with van der Waals surface area (Å²) < 4.78 is 5.41. The van der Waals surface area contributed by atoms with E-state index in [-0.39, 0.29) is 0 Å². The Kier molecular flexibility index (Phi) is 4.05. The van der Waals surface area contributed by atoms with Gasteiger partial charge in [0.1, 0.15) is 5.75 Å². The van der Waals surface area contributed by atoms with Crippen molar-refractivity contribution in [1.29, 1.82) is 5.26 Å². The summed E-state index contributed by atoms with van der Waals surface area (Å²) in [4.78, 5) is 0. The lowest BCUT2D eigenvalue weighted by Crippen LogP contribution is -2.31. The molecule has 0 aliphatic heterocycles. The Morgan fingerprint density at radius 3 is 2.52 bits per heavy atom. The molecule has 2 aliphatic carbocycles. The van der Waals surface area contributed by atoms with Crippen molar-refractivity contribution in [2.75, 3.05) is 12.4 Å². The van der Waals surface area contributed by atoms with Gasteiger partial charge in [0, 0.05) is 12.1 Å². The average Bonchev–Trinajstić information content (AvgIpc) is 2.98. The fraction of sp³-hybridized carbons (Fsp3) is 0.611. The van der Waals surface area contributed by atoms with Crippen LogP contribution in [0.5, 0.6) is 5.75 Å². The van der Waals surface area contributed by atoms with Gasteiger partial charge in [-0.3, -0.25) is 0 Å². The molecule has 112 valence electrons. The molecule has 0 bridgehead atoms. The Morgan fingerprint density at radius 1 is 1.19 bits per heavy atom. The zero-order valence-corrected chi connectivity index (χ0v) is 12.8. The van der Waals surface area contributed by atoms with Crippen molar-refractivity contribution in [1.82, 2.24) is 0 Å². The van der Waals surface area contributed by atoms with Gasteiger partial charge < -0.3 is 10.1 Å². The lowest BCUT2D eigenvalue weighted by molar-refractivity contribution is 0.188. The van der Waals surface area contributed by atoms with E-state index in [1.54, 1.807) is 7.11 Å². The molecule has 3 heteroatoms. The molecule has 0 amide bonds. The summed E-state index contributed by atoms with van der Waals surface area (Å²) >= 11 is 0. The first-order valence-corrected chi connectivity index (χ1v) is 8.09. The van der Waals surface area contributed by atoms with E-state index in [0.29, 0.717) is 17.0 Å². The number of hydrogen-bond donors (Lipinski definition) is 1. The van der Waals surface area contributed by atoms with Crippen LogP contribution >= 0.6 is 0 Å². The van der Waals surface area contributed by atoms with E-state index in [1.165, 1.54) is 51.4 Å². The first kappa shape index (κ1) is 14.3. The summed E-state index contributed by atoms with van der Waals surface area (Å²) in [7, 11) is 1.66. The van der Waals surface area contributed by atoms with E-state index >= 15 is 0 Å². The maximum absolute atomic E-state index is 8.96. The van der Waals surface area contributed by atoms with Gasteiger partial charge in [-0.25, -0.2) is 0 Å². The normalized spacial score (nSPS) is 21.1. The Morgan fingerprint density at radius 2 is 1.90 bits per heavy atom. The minimum atomic E-state index is 0.540. The second kappa shape index (κ2) is 5.97. The van der Waals surface area contributed by atoms with Crippen molar-refractivity contribution in [3.05, 3.63) is 23.8 Å². The molecular weight excluding hydrogens is 260 g/mol. The first-order chi connectivity index (χ1) is 10.2. The van der Waals surface area contributed by atoms with Crippen molar-refractivity contribution in [2.45, 2.75) is 57.4 Å². The maximum Gasteiger partial charge on any atom is 0.143 e. The highest BCUT2D eigenvalue weighted by Gasteiger charge is 2.37. The molecule has 1 aromatic rings. The van der Waals surface area contributed by atoms with E-state index in [2.05, 4.69) is 11.4 Å². The highest BCUT2D eigenvalue weighted by atomic mass is 16.5. The third kappa shape index (κ3) is 3.00. The fourth-order valence-corrected chi connectivity index (χ4v) is 4.10. The molecule has 0 saturated heterocycles. The van der Waals surface area contributed by atoms with E-state index in [1.807, 2.05) is 18.2 Å². The Hall–Kier alpha value is -1.69. The van der Waals surface area contributed by atoms with Gasteiger partial charge in [-0.1, -0.05) is 12.8 Å². The van der Waals surface area contributed by atoms with Crippen LogP contribution in [0.3, 0.4) is 0 Å². The first-order valence-electron chi connectivity index (χ1n) is 8.09. The lowest BCUT2D eigenvalue weighted by atomic mass is 9.71. The predicted octanol–water partition coefficient (Wildman–Crippen LogP) is 4.48. The Labute approximate surface area is 127 Å². The Balaban J connectivity index is 1.64. The van der Waals surface area contributed by atoms with Crippen LogP contribution in [0.4, 0.5) is 5.69 Å². The SMILES string of the molecule is COc1cc(C#N)ccc1NC1CCC2(CCCC2)CC1. The molecule has 0 atom stereocenters. The van der Waals surface area contributed by atoms with Gasteiger partial charge in [-0.2, -0.15) is 5.26 Å². The van der Waals surface area contributed by atoms with Crippen LogP contribution in [0, 0.1) is 16.7 Å². The van der Waals surface area contributed by atoms with E-state index < -0.39 is 0 Å². The van der Waals surface area contributed by atoms with Crippen molar-refractivity contribution in [2.24, 2.45) is 5.41 Å². The number of anilines is 1. The van der Waals surface area contributed by atoms with Crippen LogP contribution in [-0.2, 0) is 0 Å². The van der Waals surface area contributed by atoms with Crippen LogP contribution in [0.2, 0.25) is 0 Å². The topological polar surface area (TPSA) is 45.0 Å². The predicted molar refractivity (Wildman–Crippen MR) is 84.5 cm³/mol. The second-order valence-corrected chi connectivity index (χ2v) is 6.65. The summed E-state index contributed by atoms with van der Waals surface area (Å²) in [5.41, 5.74) is 2.34. The molecule has 2 fully saturated rings. The standard InChI is InChI=1S/C18H24N2O/c1-21-17-12-14(13-19)4-5-16(17)20-15-6-10-18(11-7-15)8-2-3-9-18/h4-5,12,15,20H,2-3,6-11H2,1H3. The molecule has 0 unspecified atom stereocenters. The number of rotatable bonds is 3. The lowest BCUT2D eigenvalue weighted by Gasteiger charge is -2.38. The molecule has 2 saturated carbocycles. The molecule has 0 heterocycles. The second-order valence-electron chi connectivity index (χ2n) is 6.65. The summed E-state index contributed by atoms with van der Waals surface area (Å²) in [5, 5.41) is 12.6. The number of benzene rings is 1. The van der Waals surface area contributed by atoms with Crippen molar-refractivity contribution in [3.8, 4) is 11.8 Å². The van der Waals surface area contributed by atoms with Crippen LogP contribution in [0.1, 0.15) is 56.9 Å². The van der Waals surface area contributed by atoms with Crippen molar-refractivity contribution < 1.29 is 4.74 Å². The van der Waals surface area contributed by atoms with Crippen LogP contribution < -0.4 is 10.1 Å². The van der Waals surface area contributed by atoms with Crippen molar-refractivity contribution >= 4 is 5.69 Å². The molecule has 21 heavy (non-hydrogen) atoms. The number of hydrogen-bond acceptors (Lipinski definition) is 3. The van der Waals surface area contributed by atoms with Crippen molar-refractivity contribution in [3.63, 3.8) is 0 Å². The van der Waals surface area contributed by atoms with Gasteiger partial charge in [0.2, 0.25) is 0 Å². The molecule has 0 aromatic heterocycles.